The molecule has 0 aliphatic heterocycles. The highest BCUT2D eigenvalue weighted by atomic mass is 16.5. The molecular weight excluding hydrogens is 326 g/mol. The van der Waals surface area contributed by atoms with E-state index < -0.39 is 0 Å². The molecule has 0 radical (unpaired) electrons. The quantitative estimate of drug-likeness (QED) is 0.811. The summed E-state index contributed by atoms with van der Waals surface area (Å²) in [5, 5.41) is 3.21. The number of aryl methyl sites for hydroxylation is 1. The standard InChI is InChI=1S/C22H31NO3/c1-25-20-6-3-15(4-7-20)5-8-21(24)23-14-22(26-2)18-10-16-9-17(12-18)13-19(22)11-16/h3-4,6-7,16-19H,5,8-14H2,1-2H3,(H,23,24). The number of hydrogen-bond donors (Lipinski definition) is 1. The third kappa shape index (κ3) is 3.24. The molecule has 26 heavy (non-hydrogen) atoms. The summed E-state index contributed by atoms with van der Waals surface area (Å²) in [5.41, 5.74) is 1.04. The van der Waals surface area contributed by atoms with Gasteiger partial charge in [-0.15, -0.1) is 0 Å². The zero-order chi connectivity index (χ0) is 18.1. The first-order valence-corrected chi connectivity index (χ1v) is 10.1. The Morgan fingerprint density at radius 3 is 2.19 bits per heavy atom. The fourth-order valence-electron chi connectivity index (χ4n) is 6.05. The number of hydrogen-bond acceptors (Lipinski definition) is 3. The summed E-state index contributed by atoms with van der Waals surface area (Å²) >= 11 is 0. The van der Waals surface area contributed by atoms with Gasteiger partial charge in [-0.2, -0.15) is 0 Å². The van der Waals surface area contributed by atoms with Gasteiger partial charge in [-0.25, -0.2) is 0 Å². The van der Waals surface area contributed by atoms with Crippen molar-refractivity contribution in [3.05, 3.63) is 29.8 Å². The first-order chi connectivity index (χ1) is 12.6. The zero-order valence-corrected chi connectivity index (χ0v) is 16.0. The Bertz CT molecular complexity index is 611. The van der Waals surface area contributed by atoms with Gasteiger partial charge in [0.05, 0.1) is 12.7 Å². The lowest BCUT2D eigenvalue weighted by Gasteiger charge is -2.60. The van der Waals surface area contributed by atoms with E-state index in [1.54, 1.807) is 7.11 Å². The predicted octanol–water partition coefficient (Wildman–Crippen LogP) is 3.59. The molecule has 0 saturated heterocycles. The monoisotopic (exact) mass is 357 g/mol. The van der Waals surface area contributed by atoms with E-state index in [0.29, 0.717) is 24.8 Å². The van der Waals surface area contributed by atoms with Crippen molar-refractivity contribution in [1.29, 1.82) is 0 Å². The summed E-state index contributed by atoms with van der Waals surface area (Å²) in [6.45, 7) is 0.680. The minimum absolute atomic E-state index is 0.122. The van der Waals surface area contributed by atoms with E-state index in [2.05, 4.69) is 5.32 Å². The summed E-state index contributed by atoms with van der Waals surface area (Å²) in [4.78, 5) is 12.4. The van der Waals surface area contributed by atoms with Gasteiger partial charge in [0, 0.05) is 20.1 Å². The molecule has 1 aromatic carbocycles. The van der Waals surface area contributed by atoms with Crippen molar-refractivity contribution in [3.63, 3.8) is 0 Å². The predicted molar refractivity (Wildman–Crippen MR) is 101 cm³/mol. The van der Waals surface area contributed by atoms with Gasteiger partial charge in [-0.3, -0.25) is 4.79 Å². The van der Waals surface area contributed by atoms with E-state index >= 15 is 0 Å². The van der Waals surface area contributed by atoms with Crippen molar-refractivity contribution < 1.29 is 14.3 Å². The normalized spacial score (nSPS) is 34.7. The topological polar surface area (TPSA) is 47.6 Å². The van der Waals surface area contributed by atoms with Crippen molar-refractivity contribution >= 4 is 5.91 Å². The molecule has 0 aromatic heterocycles. The fourth-order valence-corrected chi connectivity index (χ4v) is 6.05. The maximum atomic E-state index is 12.4. The van der Waals surface area contributed by atoms with Crippen LogP contribution in [0, 0.1) is 23.7 Å². The number of nitrogens with one attached hydrogen (secondary N) is 1. The number of methoxy groups -OCH3 is 2. The van der Waals surface area contributed by atoms with Crippen molar-refractivity contribution in [2.45, 2.75) is 50.5 Å². The van der Waals surface area contributed by atoms with Crippen LogP contribution in [0.2, 0.25) is 0 Å². The molecular formula is C22H31NO3. The van der Waals surface area contributed by atoms with E-state index in [-0.39, 0.29) is 11.5 Å². The number of carbonyl (C=O) groups excluding carboxylic acids is 1. The molecule has 4 saturated carbocycles. The number of carbonyl (C=O) groups is 1. The number of rotatable bonds is 7. The van der Waals surface area contributed by atoms with Crippen LogP contribution in [0.4, 0.5) is 0 Å². The summed E-state index contributed by atoms with van der Waals surface area (Å²) < 4.78 is 11.3. The Kier molecular flexibility index (Phi) is 4.96. The maximum absolute atomic E-state index is 12.4. The largest absolute Gasteiger partial charge is 0.497 e. The lowest BCUT2D eigenvalue weighted by Crippen LogP contribution is -2.63. The van der Waals surface area contributed by atoms with Gasteiger partial charge < -0.3 is 14.8 Å². The average Bonchev–Trinajstić information content (AvgIpc) is 2.66. The Morgan fingerprint density at radius 2 is 1.65 bits per heavy atom. The molecule has 4 fully saturated rings. The van der Waals surface area contributed by atoms with E-state index in [9.17, 15) is 4.79 Å². The zero-order valence-electron chi connectivity index (χ0n) is 16.0. The van der Waals surface area contributed by atoms with E-state index in [1.807, 2.05) is 31.4 Å². The van der Waals surface area contributed by atoms with Gasteiger partial charge in [0.1, 0.15) is 5.75 Å². The maximum Gasteiger partial charge on any atom is 0.220 e. The SMILES string of the molecule is COc1ccc(CCC(=O)NCC2(OC)C3CC4CC(C3)CC2C4)cc1. The summed E-state index contributed by atoms with van der Waals surface area (Å²) in [5.74, 6) is 4.06. The molecule has 0 heterocycles. The van der Waals surface area contributed by atoms with Gasteiger partial charge in [-0.1, -0.05) is 12.1 Å². The molecule has 0 spiro atoms. The highest BCUT2D eigenvalue weighted by Gasteiger charge is 2.57. The van der Waals surface area contributed by atoms with Crippen LogP contribution in [-0.2, 0) is 16.0 Å². The van der Waals surface area contributed by atoms with Gasteiger partial charge in [0.15, 0.2) is 0 Å². The molecule has 4 nitrogen and oxygen atoms in total. The molecule has 5 rings (SSSR count). The molecule has 0 unspecified atom stereocenters. The minimum atomic E-state index is -0.122. The minimum Gasteiger partial charge on any atom is -0.497 e. The van der Waals surface area contributed by atoms with Crippen LogP contribution in [0.15, 0.2) is 24.3 Å². The molecule has 4 aliphatic rings. The number of ether oxygens (including phenoxy) is 2. The van der Waals surface area contributed by atoms with Gasteiger partial charge in [-0.05, 0) is 79.9 Å². The van der Waals surface area contributed by atoms with Gasteiger partial charge >= 0.3 is 0 Å². The van der Waals surface area contributed by atoms with E-state index in [1.165, 1.54) is 32.1 Å². The summed E-state index contributed by atoms with van der Waals surface area (Å²) in [6, 6.07) is 7.95. The highest BCUT2D eigenvalue weighted by molar-refractivity contribution is 5.76. The van der Waals surface area contributed by atoms with Crippen LogP contribution < -0.4 is 10.1 Å². The van der Waals surface area contributed by atoms with Crippen molar-refractivity contribution in [1.82, 2.24) is 5.32 Å². The molecule has 4 heteroatoms. The molecule has 0 atom stereocenters. The summed E-state index contributed by atoms with van der Waals surface area (Å²) in [7, 11) is 3.52. The summed E-state index contributed by atoms with van der Waals surface area (Å²) in [6.07, 6.45) is 7.89. The molecule has 1 amide bonds. The first-order valence-electron chi connectivity index (χ1n) is 10.1. The lowest BCUT2D eigenvalue weighted by molar-refractivity contribution is -0.188. The lowest BCUT2D eigenvalue weighted by atomic mass is 9.49. The molecule has 4 aliphatic carbocycles. The van der Waals surface area contributed by atoms with Gasteiger partial charge in [0.2, 0.25) is 5.91 Å². The van der Waals surface area contributed by atoms with Gasteiger partial charge in [0.25, 0.3) is 0 Å². The van der Waals surface area contributed by atoms with Crippen molar-refractivity contribution in [2.75, 3.05) is 20.8 Å². The second-order valence-corrected chi connectivity index (χ2v) is 8.59. The van der Waals surface area contributed by atoms with E-state index in [0.717, 1.165) is 29.6 Å². The van der Waals surface area contributed by atoms with E-state index in [4.69, 9.17) is 9.47 Å². The molecule has 1 N–H and O–H groups in total. The first kappa shape index (κ1) is 17.8. The van der Waals surface area contributed by atoms with Crippen LogP contribution in [0.25, 0.3) is 0 Å². The van der Waals surface area contributed by atoms with Crippen LogP contribution in [0.5, 0.6) is 5.75 Å². The fraction of sp³-hybridized carbons (Fsp3) is 0.682. The Labute approximate surface area is 156 Å². The van der Waals surface area contributed by atoms with Crippen molar-refractivity contribution in [3.8, 4) is 5.75 Å². The molecule has 4 bridgehead atoms. The van der Waals surface area contributed by atoms with Crippen LogP contribution in [-0.4, -0.2) is 32.3 Å². The Balaban J connectivity index is 1.31. The third-order valence-corrected chi connectivity index (χ3v) is 7.26. The van der Waals surface area contributed by atoms with Crippen LogP contribution in [0.3, 0.4) is 0 Å². The third-order valence-electron chi connectivity index (χ3n) is 7.26. The van der Waals surface area contributed by atoms with Crippen molar-refractivity contribution in [2.24, 2.45) is 23.7 Å². The molecule has 1 aromatic rings. The Morgan fingerprint density at radius 1 is 1.04 bits per heavy atom. The Hall–Kier alpha value is -1.55. The van der Waals surface area contributed by atoms with Crippen LogP contribution in [0.1, 0.15) is 44.1 Å². The second kappa shape index (κ2) is 7.22. The average molecular weight is 357 g/mol. The number of amides is 1. The smallest absolute Gasteiger partial charge is 0.220 e. The second-order valence-electron chi connectivity index (χ2n) is 8.59. The number of benzene rings is 1. The van der Waals surface area contributed by atoms with Crippen LogP contribution >= 0.6 is 0 Å². The molecule has 142 valence electrons. The highest BCUT2D eigenvalue weighted by Crippen LogP contribution is 2.59.